The fraction of sp³-hybridized carbons (Fsp3) is 0.667. The van der Waals surface area contributed by atoms with Crippen molar-refractivity contribution in [1.29, 1.82) is 0 Å². The molecule has 1 aromatic rings. The van der Waals surface area contributed by atoms with E-state index in [9.17, 15) is 4.79 Å². The summed E-state index contributed by atoms with van der Waals surface area (Å²) in [6.07, 6.45) is 1.90. The van der Waals surface area contributed by atoms with Crippen LogP contribution in [-0.2, 0) is 9.53 Å². The van der Waals surface area contributed by atoms with Gasteiger partial charge in [0.15, 0.2) is 0 Å². The number of carbonyl (C=O) groups excluding carboxylic acids is 1. The van der Waals surface area contributed by atoms with Crippen molar-refractivity contribution in [2.45, 2.75) is 32.3 Å². The van der Waals surface area contributed by atoms with Crippen LogP contribution >= 0.6 is 11.3 Å². The van der Waals surface area contributed by atoms with Gasteiger partial charge in [-0.2, -0.15) is 0 Å². The Morgan fingerprint density at radius 2 is 2.44 bits per heavy atom. The summed E-state index contributed by atoms with van der Waals surface area (Å²) in [5, 5.41) is 5.86. The number of ether oxygens (including phenoxy) is 1. The molecule has 0 fully saturated rings. The van der Waals surface area contributed by atoms with E-state index in [0.717, 1.165) is 5.01 Å². The van der Waals surface area contributed by atoms with Gasteiger partial charge in [0.1, 0.15) is 0 Å². The molecule has 0 aromatic carbocycles. The van der Waals surface area contributed by atoms with Gasteiger partial charge in [0.05, 0.1) is 17.5 Å². The molecule has 0 bridgehead atoms. The van der Waals surface area contributed by atoms with Crippen molar-refractivity contribution in [1.82, 2.24) is 10.3 Å². The van der Waals surface area contributed by atoms with E-state index in [4.69, 9.17) is 10.5 Å². The van der Waals surface area contributed by atoms with Gasteiger partial charge in [0.2, 0.25) is 5.91 Å². The Labute approximate surface area is 112 Å². The normalized spacial score (nSPS) is 14.2. The SMILES string of the molecule is CCOC(CN)CC(=O)NCC(C)c1nccs1. The highest BCUT2D eigenvalue weighted by atomic mass is 32.1. The Morgan fingerprint density at radius 3 is 3.00 bits per heavy atom. The van der Waals surface area contributed by atoms with E-state index in [0.29, 0.717) is 26.1 Å². The van der Waals surface area contributed by atoms with Crippen LogP contribution in [0, 0.1) is 0 Å². The molecule has 0 radical (unpaired) electrons. The molecule has 1 heterocycles. The van der Waals surface area contributed by atoms with Gasteiger partial charge in [0, 0.05) is 37.2 Å². The lowest BCUT2D eigenvalue weighted by atomic mass is 10.2. The van der Waals surface area contributed by atoms with Crippen LogP contribution in [0.1, 0.15) is 31.2 Å². The monoisotopic (exact) mass is 271 g/mol. The van der Waals surface area contributed by atoms with Crippen LogP contribution in [0.3, 0.4) is 0 Å². The molecule has 0 aliphatic rings. The third-order valence-corrected chi connectivity index (χ3v) is 3.56. The number of carbonyl (C=O) groups is 1. The molecule has 18 heavy (non-hydrogen) atoms. The van der Waals surface area contributed by atoms with Crippen LogP contribution in [0.25, 0.3) is 0 Å². The highest BCUT2D eigenvalue weighted by Gasteiger charge is 2.14. The number of aromatic nitrogens is 1. The van der Waals surface area contributed by atoms with Gasteiger partial charge in [-0.15, -0.1) is 11.3 Å². The number of nitrogens with two attached hydrogens (primary N) is 1. The first-order chi connectivity index (χ1) is 8.67. The second-order valence-corrected chi connectivity index (χ2v) is 5.02. The van der Waals surface area contributed by atoms with Crippen molar-refractivity contribution in [2.75, 3.05) is 19.7 Å². The van der Waals surface area contributed by atoms with Crippen molar-refractivity contribution in [3.63, 3.8) is 0 Å². The van der Waals surface area contributed by atoms with Crippen LogP contribution in [0.15, 0.2) is 11.6 Å². The average molecular weight is 271 g/mol. The molecule has 2 unspecified atom stereocenters. The van der Waals surface area contributed by atoms with Gasteiger partial charge in [-0.1, -0.05) is 6.92 Å². The first kappa shape index (κ1) is 15.1. The number of thiazole rings is 1. The number of hydrogen-bond donors (Lipinski definition) is 2. The molecule has 2 atom stereocenters. The van der Waals surface area contributed by atoms with E-state index in [2.05, 4.69) is 10.3 Å². The molecule has 0 saturated heterocycles. The summed E-state index contributed by atoms with van der Waals surface area (Å²) in [6.45, 7) is 5.47. The standard InChI is InChI=1S/C12H21N3O2S/c1-3-17-10(7-13)6-11(16)15-8-9(2)12-14-4-5-18-12/h4-5,9-10H,3,6-8,13H2,1-2H3,(H,15,16). The van der Waals surface area contributed by atoms with Crippen molar-refractivity contribution < 1.29 is 9.53 Å². The fourth-order valence-electron chi connectivity index (χ4n) is 1.56. The molecule has 102 valence electrons. The number of rotatable bonds is 8. The predicted octanol–water partition coefficient (Wildman–Crippen LogP) is 1.12. The highest BCUT2D eigenvalue weighted by molar-refractivity contribution is 7.09. The Bertz CT molecular complexity index is 343. The average Bonchev–Trinajstić information content (AvgIpc) is 2.89. The van der Waals surface area contributed by atoms with Gasteiger partial charge in [0.25, 0.3) is 0 Å². The number of nitrogens with one attached hydrogen (secondary N) is 1. The lowest BCUT2D eigenvalue weighted by Gasteiger charge is -2.15. The largest absolute Gasteiger partial charge is 0.377 e. The summed E-state index contributed by atoms with van der Waals surface area (Å²) >= 11 is 1.60. The van der Waals surface area contributed by atoms with E-state index in [1.54, 1.807) is 17.5 Å². The number of amides is 1. The molecular formula is C12H21N3O2S. The number of hydrogen-bond acceptors (Lipinski definition) is 5. The topological polar surface area (TPSA) is 77.2 Å². The number of nitrogens with zero attached hydrogens (tertiary/aromatic N) is 1. The summed E-state index contributed by atoms with van der Waals surface area (Å²) in [5.74, 6) is 0.208. The van der Waals surface area contributed by atoms with Gasteiger partial charge in [-0.3, -0.25) is 4.79 Å². The molecule has 0 aliphatic carbocycles. The first-order valence-corrected chi connectivity index (χ1v) is 7.03. The van der Waals surface area contributed by atoms with E-state index in [1.165, 1.54) is 0 Å². The highest BCUT2D eigenvalue weighted by Crippen LogP contribution is 2.16. The van der Waals surface area contributed by atoms with E-state index >= 15 is 0 Å². The summed E-state index contributed by atoms with van der Waals surface area (Å²) in [6, 6.07) is 0. The quantitative estimate of drug-likeness (QED) is 0.742. The van der Waals surface area contributed by atoms with Gasteiger partial charge >= 0.3 is 0 Å². The van der Waals surface area contributed by atoms with Gasteiger partial charge in [-0.25, -0.2) is 4.98 Å². The summed E-state index contributed by atoms with van der Waals surface area (Å²) < 4.78 is 5.34. The van der Waals surface area contributed by atoms with E-state index in [-0.39, 0.29) is 17.9 Å². The maximum Gasteiger partial charge on any atom is 0.222 e. The molecular weight excluding hydrogens is 250 g/mol. The molecule has 0 spiro atoms. The van der Waals surface area contributed by atoms with Gasteiger partial charge in [-0.05, 0) is 6.92 Å². The van der Waals surface area contributed by atoms with Gasteiger partial charge < -0.3 is 15.8 Å². The van der Waals surface area contributed by atoms with Crippen LogP contribution in [0.2, 0.25) is 0 Å². The van der Waals surface area contributed by atoms with E-state index in [1.807, 2.05) is 19.2 Å². The smallest absolute Gasteiger partial charge is 0.222 e. The second kappa shape index (κ2) is 8.18. The van der Waals surface area contributed by atoms with Crippen LogP contribution in [0.4, 0.5) is 0 Å². The maximum atomic E-state index is 11.7. The van der Waals surface area contributed by atoms with Crippen molar-refractivity contribution in [2.24, 2.45) is 5.73 Å². The minimum Gasteiger partial charge on any atom is -0.377 e. The Hall–Kier alpha value is -0.980. The maximum absolute atomic E-state index is 11.7. The Kier molecular flexibility index (Phi) is 6.85. The zero-order valence-electron chi connectivity index (χ0n) is 10.9. The molecule has 1 amide bonds. The third kappa shape index (κ3) is 5.12. The lowest BCUT2D eigenvalue weighted by molar-refractivity contribution is -0.123. The van der Waals surface area contributed by atoms with Crippen molar-refractivity contribution in [3.8, 4) is 0 Å². The minimum atomic E-state index is -0.190. The molecule has 0 aliphatic heterocycles. The Balaban J connectivity index is 2.28. The van der Waals surface area contributed by atoms with Crippen LogP contribution in [0.5, 0.6) is 0 Å². The lowest BCUT2D eigenvalue weighted by Crippen LogP contribution is -2.34. The van der Waals surface area contributed by atoms with Crippen molar-refractivity contribution >= 4 is 17.2 Å². The molecule has 3 N–H and O–H groups in total. The summed E-state index contributed by atoms with van der Waals surface area (Å²) in [4.78, 5) is 15.9. The van der Waals surface area contributed by atoms with E-state index < -0.39 is 0 Å². The molecule has 1 aromatic heterocycles. The fourth-order valence-corrected chi connectivity index (χ4v) is 2.26. The summed E-state index contributed by atoms with van der Waals surface area (Å²) in [5.41, 5.74) is 5.53. The van der Waals surface area contributed by atoms with Crippen LogP contribution in [-0.4, -0.2) is 36.7 Å². The zero-order chi connectivity index (χ0) is 13.4. The van der Waals surface area contributed by atoms with Crippen LogP contribution < -0.4 is 11.1 Å². The first-order valence-electron chi connectivity index (χ1n) is 6.15. The molecule has 0 saturated carbocycles. The second-order valence-electron chi connectivity index (χ2n) is 4.09. The predicted molar refractivity (Wildman–Crippen MR) is 72.6 cm³/mol. The molecule has 5 nitrogen and oxygen atoms in total. The molecule has 6 heteroatoms. The Morgan fingerprint density at radius 1 is 1.67 bits per heavy atom. The molecule has 1 rings (SSSR count). The third-order valence-electron chi connectivity index (χ3n) is 2.56. The zero-order valence-corrected chi connectivity index (χ0v) is 11.7. The minimum absolute atomic E-state index is 0.0256. The summed E-state index contributed by atoms with van der Waals surface area (Å²) in [7, 11) is 0. The van der Waals surface area contributed by atoms with Crippen molar-refractivity contribution in [3.05, 3.63) is 16.6 Å².